The number of rotatable bonds is 5. The van der Waals surface area contributed by atoms with Crippen LogP contribution in [0.2, 0.25) is 0 Å². The second kappa shape index (κ2) is 6.17. The fourth-order valence-electron chi connectivity index (χ4n) is 2.15. The van der Waals surface area contributed by atoms with Crippen LogP contribution in [0.3, 0.4) is 0 Å². The molecule has 3 nitrogen and oxygen atoms in total. The molecule has 102 valence electrons. The van der Waals surface area contributed by atoms with Gasteiger partial charge in [-0.2, -0.15) is 0 Å². The Bertz CT molecular complexity index is 538. The lowest BCUT2D eigenvalue weighted by Crippen LogP contribution is -2.24. The van der Waals surface area contributed by atoms with Gasteiger partial charge in [-0.3, -0.25) is 0 Å². The molecule has 0 radical (unpaired) electrons. The number of aromatic hydroxyl groups is 1. The van der Waals surface area contributed by atoms with E-state index in [1.807, 2.05) is 25.1 Å². The van der Waals surface area contributed by atoms with E-state index in [-0.39, 0.29) is 12.1 Å². The predicted molar refractivity (Wildman–Crippen MR) is 79.5 cm³/mol. The van der Waals surface area contributed by atoms with Crippen molar-refractivity contribution in [3.05, 3.63) is 45.9 Å². The number of aromatic nitrogens is 1. The summed E-state index contributed by atoms with van der Waals surface area (Å²) in [4.78, 5) is 4.51. The second-order valence-electron chi connectivity index (χ2n) is 4.74. The van der Waals surface area contributed by atoms with E-state index in [0.29, 0.717) is 5.75 Å². The van der Waals surface area contributed by atoms with E-state index >= 15 is 0 Å². The molecule has 2 atom stereocenters. The van der Waals surface area contributed by atoms with Gasteiger partial charge in [-0.1, -0.05) is 25.1 Å². The zero-order valence-corrected chi connectivity index (χ0v) is 12.4. The van der Waals surface area contributed by atoms with E-state index in [9.17, 15) is 5.11 Å². The number of phenolic OH excluding ortho intramolecular Hbond substituents is 1. The molecule has 0 saturated carbocycles. The van der Waals surface area contributed by atoms with Crippen molar-refractivity contribution in [2.24, 2.45) is 0 Å². The Morgan fingerprint density at radius 3 is 2.68 bits per heavy atom. The van der Waals surface area contributed by atoms with E-state index in [1.54, 1.807) is 17.4 Å². The Kier molecular flexibility index (Phi) is 4.56. The SMILES string of the molecule is CCC(NC(C)c1nc(C)cs1)c1ccccc1O. The van der Waals surface area contributed by atoms with Gasteiger partial charge in [0.25, 0.3) is 0 Å². The third-order valence-corrected chi connectivity index (χ3v) is 4.32. The maximum absolute atomic E-state index is 9.95. The van der Waals surface area contributed by atoms with Gasteiger partial charge in [0.05, 0.1) is 6.04 Å². The van der Waals surface area contributed by atoms with Gasteiger partial charge < -0.3 is 10.4 Å². The largest absolute Gasteiger partial charge is 0.508 e. The standard InChI is InChI=1S/C15H20N2OS/c1-4-13(12-7-5-6-8-14(12)18)17-11(3)15-16-10(2)9-19-15/h5-9,11,13,17-18H,4H2,1-3H3. The Hall–Kier alpha value is -1.39. The van der Waals surface area contributed by atoms with Crippen molar-refractivity contribution in [2.45, 2.75) is 39.3 Å². The van der Waals surface area contributed by atoms with Crippen LogP contribution in [0, 0.1) is 6.92 Å². The number of phenols is 1. The van der Waals surface area contributed by atoms with Crippen LogP contribution in [-0.2, 0) is 0 Å². The van der Waals surface area contributed by atoms with Gasteiger partial charge in [0.2, 0.25) is 0 Å². The molecule has 2 unspecified atom stereocenters. The zero-order chi connectivity index (χ0) is 13.8. The molecule has 0 bridgehead atoms. The van der Waals surface area contributed by atoms with E-state index in [2.05, 4.69) is 29.5 Å². The molecular weight excluding hydrogens is 256 g/mol. The first-order chi connectivity index (χ1) is 9.11. The van der Waals surface area contributed by atoms with Crippen molar-refractivity contribution in [1.29, 1.82) is 0 Å². The summed E-state index contributed by atoms with van der Waals surface area (Å²) >= 11 is 1.67. The molecule has 1 aromatic carbocycles. The van der Waals surface area contributed by atoms with E-state index < -0.39 is 0 Å². The highest BCUT2D eigenvalue weighted by atomic mass is 32.1. The van der Waals surface area contributed by atoms with E-state index in [0.717, 1.165) is 22.7 Å². The lowest BCUT2D eigenvalue weighted by atomic mass is 10.0. The fraction of sp³-hybridized carbons (Fsp3) is 0.400. The normalized spacial score (nSPS) is 14.3. The van der Waals surface area contributed by atoms with Crippen molar-refractivity contribution in [3.63, 3.8) is 0 Å². The summed E-state index contributed by atoms with van der Waals surface area (Å²) in [6.45, 7) is 6.23. The van der Waals surface area contributed by atoms with Crippen LogP contribution >= 0.6 is 11.3 Å². The number of nitrogens with zero attached hydrogens (tertiary/aromatic N) is 1. The predicted octanol–water partition coefficient (Wildman–Crippen LogP) is 3.96. The lowest BCUT2D eigenvalue weighted by molar-refractivity contribution is 0.418. The highest BCUT2D eigenvalue weighted by Crippen LogP contribution is 2.29. The zero-order valence-electron chi connectivity index (χ0n) is 11.6. The third kappa shape index (κ3) is 3.33. The van der Waals surface area contributed by atoms with Crippen molar-refractivity contribution in [3.8, 4) is 5.75 Å². The Balaban J connectivity index is 2.13. The van der Waals surface area contributed by atoms with Crippen LogP contribution in [-0.4, -0.2) is 10.1 Å². The van der Waals surface area contributed by atoms with Crippen molar-refractivity contribution >= 4 is 11.3 Å². The van der Waals surface area contributed by atoms with E-state index in [4.69, 9.17) is 0 Å². The van der Waals surface area contributed by atoms with Gasteiger partial charge in [0, 0.05) is 22.7 Å². The summed E-state index contributed by atoms with van der Waals surface area (Å²) in [6, 6.07) is 7.83. The minimum atomic E-state index is 0.139. The first-order valence-corrected chi connectivity index (χ1v) is 7.45. The molecule has 0 amide bonds. The Morgan fingerprint density at radius 2 is 2.11 bits per heavy atom. The number of benzene rings is 1. The molecule has 4 heteroatoms. The number of para-hydroxylation sites is 1. The topological polar surface area (TPSA) is 45.2 Å². The van der Waals surface area contributed by atoms with Crippen LogP contribution in [0.25, 0.3) is 0 Å². The number of nitrogens with one attached hydrogen (secondary N) is 1. The average molecular weight is 276 g/mol. The van der Waals surface area contributed by atoms with Gasteiger partial charge in [-0.15, -0.1) is 11.3 Å². The van der Waals surface area contributed by atoms with Crippen molar-refractivity contribution in [1.82, 2.24) is 10.3 Å². The molecule has 2 aromatic rings. The molecule has 2 rings (SSSR count). The molecule has 0 aliphatic rings. The number of thiazole rings is 1. The molecule has 0 saturated heterocycles. The molecular formula is C15H20N2OS. The number of hydrogen-bond donors (Lipinski definition) is 2. The fourth-order valence-corrected chi connectivity index (χ4v) is 2.97. The molecule has 19 heavy (non-hydrogen) atoms. The summed E-state index contributed by atoms with van der Waals surface area (Å²) in [7, 11) is 0. The smallest absolute Gasteiger partial charge is 0.120 e. The van der Waals surface area contributed by atoms with Gasteiger partial charge in [-0.25, -0.2) is 4.98 Å². The molecule has 1 aromatic heterocycles. The molecule has 2 N–H and O–H groups in total. The monoisotopic (exact) mass is 276 g/mol. The maximum Gasteiger partial charge on any atom is 0.120 e. The summed E-state index contributed by atoms with van der Waals surface area (Å²) in [5, 5.41) is 16.6. The van der Waals surface area contributed by atoms with Gasteiger partial charge in [0.1, 0.15) is 10.8 Å². The summed E-state index contributed by atoms with van der Waals surface area (Å²) in [5.41, 5.74) is 2.01. The summed E-state index contributed by atoms with van der Waals surface area (Å²) < 4.78 is 0. The highest BCUT2D eigenvalue weighted by Gasteiger charge is 2.17. The molecule has 0 aliphatic carbocycles. The van der Waals surface area contributed by atoms with Crippen molar-refractivity contribution in [2.75, 3.05) is 0 Å². The number of aryl methyl sites for hydroxylation is 1. The van der Waals surface area contributed by atoms with Crippen LogP contribution < -0.4 is 5.32 Å². The summed E-state index contributed by atoms with van der Waals surface area (Å²) in [5.74, 6) is 0.351. The number of hydrogen-bond acceptors (Lipinski definition) is 4. The quantitative estimate of drug-likeness (QED) is 0.869. The second-order valence-corrected chi connectivity index (χ2v) is 5.62. The average Bonchev–Trinajstić information content (AvgIpc) is 2.83. The molecule has 0 fully saturated rings. The third-order valence-electron chi connectivity index (χ3n) is 3.18. The van der Waals surface area contributed by atoms with Gasteiger partial charge >= 0.3 is 0 Å². The van der Waals surface area contributed by atoms with Crippen LogP contribution in [0.4, 0.5) is 0 Å². The molecule has 0 aliphatic heterocycles. The van der Waals surface area contributed by atoms with Gasteiger partial charge in [-0.05, 0) is 26.3 Å². The first-order valence-electron chi connectivity index (χ1n) is 6.57. The van der Waals surface area contributed by atoms with Crippen LogP contribution in [0.15, 0.2) is 29.6 Å². The van der Waals surface area contributed by atoms with Crippen LogP contribution in [0.1, 0.15) is 48.6 Å². The Labute approximate surface area is 118 Å². The Morgan fingerprint density at radius 1 is 1.37 bits per heavy atom. The van der Waals surface area contributed by atoms with Gasteiger partial charge in [0.15, 0.2) is 0 Å². The lowest BCUT2D eigenvalue weighted by Gasteiger charge is -2.22. The minimum Gasteiger partial charge on any atom is -0.508 e. The molecule has 1 heterocycles. The highest BCUT2D eigenvalue weighted by molar-refractivity contribution is 7.09. The molecule has 0 spiro atoms. The van der Waals surface area contributed by atoms with Crippen molar-refractivity contribution < 1.29 is 5.11 Å². The minimum absolute atomic E-state index is 0.139. The van der Waals surface area contributed by atoms with Crippen LogP contribution in [0.5, 0.6) is 5.75 Å². The maximum atomic E-state index is 9.95. The summed E-state index contributed by atoms with van der Waals surface area (Å²) in [6.07, 6.45) is 0.923. The first kappa shape index (κ1) is 14.0. The van der Waals surface area contributed by atoms with E-state index in [1.165, 1.54) is 0 Å².